The van der Waals surface area contributed by atoms with Crippen molar-refractivity contribution in [1.82, 2.24) is 0 Å². The SMILES string of the molecule is N=C(N)C1C=CC(c2ccccc2)=CC1. The first-order valence-corrected chi connectivity index (χ1v) is 5.05. The van der Waals surface area contributed by atoms with Crippen molar-refractivity contribution < 1.29 is 0 Å². The lowest BCUT2D eigenvalue weighted by molar-refractivity contribution is 0.855. The maximum Gasteiger partial charge on any atom is 0.0978 e. The van der Waals surface area contributed by atoms with Crippen LogP contribution in [-0.4, -0.2) is 5.84 Å². The predicted molar refractivity (Wildman–Crippen MR) is 63.6 cm³/mol. The summed E-state index contributed by atoms with van der Waals surface area (Å²) in [7, 11) is 0. The van der Waals surface area contributed by atoms with Crippen molar-refractivity contribution in [3.8, 4) is 0 Å². The molecule has 0 aromatic heterocycles. The van der Waals surface area contributed by atoms with Crippen LogP contribution in [0.3, 0.4) is 0 Å². The highest BCUT2D eigenvalue weighted by atomic mass is 14.7. The Hall–Kier alpha value is -1.83. The van der Waals surface area contributed by atoms with Crippen LogP contribution in [0.5, 0.6) is 0 Å². The van der Waals surface area contributed by atoms with Crippen molar-refractivity contribution in [3.05, 3.63) is 54.1 Å². The Kier molecular flexibility index (Phi) is 2.68. The van der Waals surface area contributed by atoms with Crippen LogP contribution in [0, 0.1) is 11.3 Å². The number of benzene rings is 1. The zero-order chi connectivity index (χ0) is 10.7. The molecule has 0 radical (unpaired) electrons. The molecule has 1 aromatic carbocycles. The minimum atomic E-state index is 0.0810. The van der Waals surface area contributed by atoms with Crippen molar-refractivity contribution in [2.75, 3.05) is 0 Å². The molecule has 0 aliphatic heterocycles. The van der Waals surface area contributed by atoms with E-state index in [9.17, 15) is 0 Å². The van der Waals surface area contributed by atoms with Gasteiger partial charge in [-0.25, -0.2) is 0 Å². The van der Waals surface area contributed by atoms with E-state index in [-0.39, 0.29) is 11.8 Å². The van der Waals surface area contributed by atoms with Crippen molar-refractivity contribution in [3.63, 3.8) is 0 Å². The molecule has 1 aliphatic carbocycles. The summed E-state index contributed by atoms with van der Waals surface area (Å²) >= 11 is 0. The molecular formula is C13H14N2. The van der Waals surface area contributed by atoms with Gasteiger partial charge >= 0.3 is 0 Å². The van der Waals surface area contributed by atoms with E-state index < -0.39 is 0 Å². The van der Waals surface area contributed by atoms with E-state index in [0.29, 0.717) is 0 Å². The van der Waals surface area contributed by atoms with Crippen LogP contribution in [0.4, 0.5) is 0 Å². The Morgan fingerprint density at radius 2 is 2.00 bits per heavy atom. The molecule has 0 bridgehead atoms. The molecule has 2 heteroatoms. The van der Waals surface area contributed by atoms with E-state index >= 15 is 0 Å². The molecule has 0 spiro atoms. The summed E-state index contributed by atoms with van der Waals surface area (Å²) in [6, 6.07) is 10.2. The third-order valence-corrected chi connectivity index (χ3v) is 2.61. The highest BCUT2D eigenvalue weighted by Crippen LogP contribution is 2.23. The molecule has 2 nitrogen and oxygen atoms in total. The van der Waals surface area contributed by atoms with E-state index in [0.717, 1.165) is 6.42 Å². The summed E-state index contributed by atoms with van der Waals surface area (Å²) in [6.45, 7) is 0. The highest BCUT2D eigenvalue weighted by Gasteiger charge is 2.11. The first kappa shape index (κ1) is 9.71. The van der Waals surface area contributed by atoms with Gasteiger partial charge in [0.2, 0.25) is 0 Å². The number of hydrogen-bond donors (Lipinski definition) is 2. The number of nitrogens with two attached hydrogens (primary N) is 1. The second-order valence-corrected chi connectivity index (χ2v) is 3.68. The van der Waals surface area contributed by atoms with Gasteiger partial charge in [-0.2, -0.15) is 0 Å². The lowest BCUT2D eigenvalue weighted by Crippen LogP contribution is -2.21. The quantitative estimate of drug-likeness (QED) is 0.557. The number of allylic oxidation sites excluding steroid dienone is 3. The van der Waals surface area contributed by atoms with Gasteiger partial charge in [-0.3, -0.25) is 5.41 Å². The molecule has 1 aliphatic rings. The van der Waals surface area contributed by atoms with Crippen molar-refractivity contribution in [2.45, 2.75) is 6.42 Å². The largest absolute Gasteiger partial charge is 0.387 e. The normalized spacial score (nSPS) is 19.7. The van der Waals surface area contributed by atoms with Crippen LogP contribution in [0.1, 0.15) is 12.0 Å². The number of amidine groups is 1. The average molecular weight is 198 g/mol. The van der Waals surface area contributed by atoms with Crippen molar-refractivity contribution >= 4 is 11.4 Å². The molecule has 0 amide bonds. The monoisotopic (exact) mass is 198 g/mol. The first-order chi connectivity index (χ1) is 7.27. The molecule has 0 saturated heterocycles. The summed E-state index contributed by atoms with van der Waals surface area (Å²) in [4.78, 5) is 0. The minimum absolute atomic E-state index is 0.0810. The fraction of sp³-hybridized carbons (Fsp3) is 0.154. The first-order valence-electron chi connectivity index (χ1n) is 5.05. The second-order valence-electron chi connectivity index (χ2n) is 3.68. The molecule has 0 fully saturated rings. The zero-order valence-electron chi connectivity index (χ0n) is 8.48. The van der Waals surface area contributed by atoms with Gasteiger partial charge in [0, 0.05) is 5.92 Å². The Morgan fingerprint density at radius 1 is 1.27 bits per heavy atom. The lowest BCUT2D eigenvalue weighted by Gasteiger charge is -2.14. The third-order valence-electron chi connectivity index (χ3n) is 2.61. The Balaban J connectivity index is 2.17. The van der Waals surface area contributed by atoms with Crippen LogP contribution >= 0.6 is 0 Å². The zero-order valence-corrected chi connectivity index (χ0v) is 8.48. The van der Waals surface area contributed by atoms with Gasteiger partial charge in [-0.15, -0.1) is 0 Å². The van der Waals surface area contributed by atoms with Crippen LogP contribution in [-0.2, 0) is 0 Å². The molecule has 2 rings (SSSR count). The van der Waals surface area contributed by atoms with Gasteiger partial charge in [-0.1, -0.05) is 48.6 Å². The fourth-order valence-electron chi connectivity index (χ4n) is 1.70. The second kappa shape index (κ2) is 4.13. The van der Waals surface area contributed by atoms with Gasteiger partial charge in [0.1, 0.15) is 0 Å². The van der Waals surface area contributed by atoms with Gasteiger partial charge < -0.3 is 5.73 Å². The molecule has 0 saturated carbocycles. The molecule has 1 aromatic rings. The van der Waals surface area contributed by atoms with Crippen LogP contribution in [0.15, 0.2) is 48.6 Å². The van der Waals surface area contributed by atoms with Crippen molar-refractivity contribution in [1.29, 1.82) is 5.41 Å². The number of rotatable bonds is 2. The van der Waals surface area contributed by atoms with Gasteiger partial charge in [0.05, 0.1) is 5.84 Å². The average Bonchev–Trinajstić information content (AvgIpc) is 2.30. The van der Waals surface area contributed by atoms with Crippen LogP contribution < -0.4 is 5.73 Å². The summed E-state index contributed by atoms with van der Waals surface area (Å²) in [6.07, 6.45) is 7.02. The van der Waals surface area contributed by atoms with E-state index in [4.69, 9.17) is 11.1 Å². The van der Waals surface area contributed by atoms with Gasteiger partial charge in [-0.05, 0) is 17.6 Å². The molecule has 1 unspecified atom stereocenters. The van der Waals surface area contributed by atoms with E-state index in [1.54, 1.807) is 0 Å². The fourth-order valence-corrected chi connectivity index (χ4v) is 1.70. The van der Waals surface area contributed by atoms with Gasteiger partial charge in [0.25, 0.3) is 0 Å². The standard InChI is InChI=1S/C13H14N2/c14-13(15)12-8-6-11(7-9-12)10-4-2-1-3-5-10/h1-8,12H,9H2,(H3,14,15). The molecule has 76 valence electrons. The summed E-state index contributed by atoms with van der Waals surface area (Å²) in [5.74, 6) is 0.326. The Morgan fingerprint density at radius 3 is 2.53 bits per heavy atom. The smallest absolute Gasteiger partial charge is 0.0978 e. The Bertz CT molecular complexity index is 415. The Labute approximate surface area is 89.6 Å². The van der Waals surface area contributed by atoms with Gasteiger partial charge in [0.15, 0.2) is 0 Å². The number of hydrogen-bond acceptors (Lipinski definition) is 1. The van der Waals surface area contributed by atoms with Crippen LogP contribution in [0.25, 0.3) is 5.57 Å². The molecule has 0 heterocycles. The minimum Gasteiger partial charge on any atom is -0.387 e. The highest BCUT2D eigenvalue weighted by molar-refractivity contribution is 5.85. The van der Waals surface area contributed by atoms with E-state index in [2.05, 4.69) is 18.2 Å². The van der Waals surface area contributed by atoms with E-state index in [1.165, 1.54) is 11.1 Å². The molecule has 1 atom stereocenters. The summed E-state index contributed by atoms with van der Waals surface area (Å²) < 4.78 is 0. The number of nitrogens with one attached hydrogen (secondary N) is 1. The topological polar surface area (TPSA) is 49.9 Å². The lowest BCUT2D eigenvalue weighted by atomic mass is 9.92. The third kappa shape index (κ3) is 2.15. The maximum absolute atomic E-state index is 7.36. The summed E-state index contributed by atoms with van der Waals surface area (Å²) in [5.41, 5.74) is 7.89. The van der Waals surface area contributed by atoms with Crippen molar-refractivity contribution in [2.24, 2.45) is 11.7 Å². The maximum atomic E-state index is 7.36. The summed E-state index contributed by atoms with van der Waals surface area (Å²) in [5, 5.41) is 7.36. The van der Waals surface area contributed by atoms with E-state index in [1.807, 2.05) is 30.4 Å². The van der Waals surface area contributed by atoms with Crippen LogP contribution in [0.2, 0.25) is 0 Å². The molecule has 15 heavy (non-hydrogen) atoms. The molecular weight excluding hydrogens is 184 g/mol. The predicted octanol–water partition coefficient (Wildman–Crippen LogP) is 2.58. The molecule has 3 N–H and O–H groups in total.